The highest BCUT2D eigenvalue weighted by molar-refractivity contribution is 5.94. The number of carbonyl (C=O) groups excluding carboxylic acids is 4. The van der Waals surface area contributed by atoms with Crippen molar-refractivity contribution in [3.63, 3.8) is 0 Å². The number of nitrogens with one attached hydrogen (secondary N) is 2. The van der Waals surface area contributed by atoms with Crippen LogP contribution in [0.1, 0.15) is 110 Å². The van der Waals surface area contributed by atoms with Gasteiger partial charge >= 0.3 is 11.9 Å². The van der Waals surface area contributed by atoms with Crippen LogP contribution >= 0.6 is 0 Å². The molecule has 0 heterocycles. The second kappa shape index (κ2) is 21.0. The molecule has 0 fully saturated rings. The molecule has 3 aromatic rings. The lowest BCUT2D eigenvalue weighted by Crippen LogP contribution is -2.34. The van der Waals surface area contributed by atoms with E-state index in [1.807, 2.05) is 0 Å². The Kier molecular flexibility index (Phi) is 16.3. The summed E-state index contributed by atoms with van der Waals surface area (Å²) in [5, 5.41) is 6.57. The maximum Gasteiger partial charge on any atom is 0.343 e. The summed E-state index contributed by atoms with van der Waals surface area (Å²) in [6.45, 7) is 2.02. The van der Waals surface area contributed by atoms with Crippen LogP contribution in [0.25, 0.3) is 0 Å². The molecule has 0 unspecified atom stereocenters. The van der Waals surface area contributed by atoms with Crippen LogP contribution in [-0.4, -0.2) is 36.5 Å². The van der Waals surface area contributed by atoms with Crippen LogP contribution < -0.4 is 20.2 Å². The fraction of sp³-hybridized carbons (Fsp3) is 0.378. The van der Waals surface area contributed by atoms with Crippen LogP contribution in [0.3, 0.4) is 0 Å². The molecule has 0 bridgehead atoms. The monoisotopic (exact) mass is 627 g/mol. The Morgan fingerprint density at radius 2 is 1.20 bits per heavy atom. The molecule has 9 nitrogen and oxygen atoms in total. The number of unbranched alkanes of at least 4 members (excludes halogenated alkanes) is 10. The van der Waals surface area contributed by atoms with Crippen LogP contribution in [0.15, 0.2) is 84.0 Å². The van der Waals surface area contributed by atoms with E-state index in [1.54, 1.807) is 66.7 Å². The SMILES string of the molecule is CCCCCCCCCCCCCC(=O)NCC(=O)N/N=C/c1ccc(OC(=O)c2ccccc2)cc1OC(=O)c1ccccc1. The molecule has 46 heavy (non-hydrogen) atoms. The van der Waals surface area contributed by atoms with E-state index in [1.165, 1.54) is 69.7 Å². The first-order valence-electron chi connectivity index (χ1n) is 16.2. The third-order valence-electron chi connectivity index (χ3n) is 7.26. The highest BCUT2D eigenvalue weighted by Gasteiger charge is 2.15. The molecule has 3 rings (SSSR count). The maximum atomic E-state index is 12.8. The minimum Gasteiger partial charge on any atom is -0.423 e. The van der Waals surface area contributed by atoms with Gasteiger partial charge in [0, 0.05) is 18.1 Å². The molecule has 0 spiro atoms. The number of ether oxygens (including phenoxy) is 2. The molecule has 0 aliphatic heterocycles. The predicted molar refractivity (Wildman–Crippen MR) is 179 cm³/mol. The maximum absolute atomic E-state index is 12.8. The Hall–Kier alpha value is -4.79. The van der Waals surface area contributed by atoms with Gasteiger partial charge < -0.3 is 14.8 Å². The van der Waals surface area contributed by atoms with Crippen molar-refractivity contribution < 1.29 is 28.7 Å². The molecule has 244 valence electrons. The van der Waals surface area contributed by atoms with Crippen molar-refractivity contribution in [2.45, 2.75) is 84.0 Å². The van der Waals surface area contributed by atoms with Gasteiger partial charge in [0.05, 0.1) is 23.9 Å². The second-order valence-corrected chi connectivity index (χ2v) is 11.1. The number of hydrogen-bond acceptors (Lipinski definition) is 7. The zero-order valence-corrected chi connectivity index (χ0v) is 26.7. The predicted octanol–water partition coefficient (Wildman–Crippen LogP) is 7.39. The van der Waals surface area contributed by atoms with E-state index < -0.39 is 17.8 Å². The molecule has 9 heteroatoms. The lowest BCUT2D eigenvalue weighted by molar-refractivity contribution is -0.126. The van der Waals surface area contributed by atoms with Gasteiger partial charge in [-0.25, -0.2) is 15.0 Å². The van der Waals surface area contributed by atoms with Crippen molar-refractivity contribution in [1.82, 2.24) is 10.7 Å². The molecule has 3 aromatic carbocycles. The molecule has 0 aliphatic carbocycles. The number of amides is 2. The smallest absolute Gasteiger partial charge is 0.343 e. The van der Waals surface area contributed by atoms with Gasteiger partial charge in [-0.2, -0.15) is 5.10 Å². The highest BCUT2D eigenvalue weighted by atomic mass is 16.5. The van der Waals surface area contributed by atoms with Gasteiger partial charge in [-0.3, -0.25) is 9.59 Å². The van der Waals surface area contributed by atoms with Gasteiger partial charge in [-0.1, -0.05) is 108 Å². The molecular weight excluding hydrogens is 582 g/mol. The average Bonchev–Trinajstić information content (AvgIpc) is 3.08. The molecule has 0 radical (unpaired) electrons. The van der Waals surface area contributed by atoms with Crippen LogP contribution in [0, 0.1) is 0 Å². The molecule has 0 saturated carbocycles. The summed E-state index contributed by atoms with van der Waals surface area (Å²) in [6.07, 6.45) is 14.9. The molecule has 0 aromatic heterocycles. The van der Waals surface area contributed by atoms with Crippen molar-refractivity contribution in [1.29, 1.82) is 0 Å². The number of carbonyl (C=O) groups is 4. The van der Waals surface area contributed by atoms with Gasteiger partial charge in [-0.15, -0.1) is 0 Å². The van der Waals surface area contributed by atoms with E-state index in [9.17, 15) is 19.2 Å². The molecule has 2 N–H and O–H groups in total. The zero-order valence-electron chi connectivity index (χ0n) is 26.7. The average molecular weight is 628 g/mol. The van der Waals surface area contributed by atoms with Crippen LogP contribution in [-0.2, 0) is 9.59 Å². The van der Waals surface area contributed by atoms with Crippen molar-refractivity contribution in [2.75, 3.05) is 6.54 Å². The summed E-state index contributed by atoms with van der Waals surface area (Å²) >= 11 is 0. The molecule has 0 aliphatic rings. The third-order valence-corrected chi connectivity index (χ3v) is 7.26. The van der Waals surface area contributed by atoms with Crippen molar-refractivity contribution in [3.05, 3.63) is 95.6 Å². The first kappa shape index (κ1) is 35.7. The minimum absolute atomic E-state index is 0.0745. The Morgan fingerprint density at radius 1 is 0.652 bits per heavy atom. The number of rotatable bonds is 20. The summed E-state index contributed by atoms with van der Waals surface area (Å²) < 4.78 is 11.1. The number of esters is 2. The number of hydrogen-bond donors (Lipinski definition) is 2. The first-order valence-corrected chi connectivity index (χ1v) is 16.2. The molecule has 2 amide bonds. The van der Waals surface area contributed by atoms with Crippen molar-refractivity contribution in [2.24, 2.45) is 5.10 Å². The van der Waals surface area contributed by atoms with E-state index in [2.05, 4.69) is 22.8 Å². The fourth-order valence-corrected chi connectivity index (χ4v) is 4.68. The van der Waals surface area contributed by atoms with Gasteiger partial charge in [0.1, 0.15) is 11.5 Å². The first-order chi connectivity index (χ1) is 22.5. The van der Waals surface area contributed by atoms with Gasteiger partial charge in [0.15, 0.2) is 0 Å². The standard InChI is InChI=1S/C37H45N3O6/c1-2-3-4-5-6-7-8-9-10-11-18-23-34(41)38-28-35(42)40-39-27-31-24-25-32(45-36(43)29-19-14-12-15-20-29)26-33(31)46-37(44)30-21-16-13-17-22-30/h12-17,19-22,24-27H,2-11,18,23,28H2,1H3,(H,38,41)(H,40,42)/b39-27+. The van der Waals surface area contributed by atoms with E-state index in [0.29, 0.717) is 23.1 Å². The Labute approximate surface area is 271 Å². The lowest BCUT2D eigenvalue weighted by Gasteiger charge is -2.10. The van der Waals surface area contributed by atoms with Gasteiger partial charge in [-0.05, 0) is 42.8 Å². The van der Waals surface area contributed by atoms with Crippen LogP contribution in [0.2, 0.25) is 0 Å². The van der Waals surface area contributed by atoms with E-state index in [0.717, 1.165) is 19.3 Å². The minimum atomic E-state index is -0.619. The highest BCUT2D eigenvalue weighted by Crippen LogP contribution is 2.26. The van der Waals surface area contributed by atoms with Crippen molar-refractivity contribution >= 4 is 30.0 Å². The number of nitrogens with zero attached hydrogens (tertiary/aromatic N) is 1. The summed E-state index contributed by atoms with van der Waals surface area (Å²) in [7, 11) is 0. The summed E-state index contributed by atoms with van der Waals surface area (Å²) in [5.74, 6) is -1.63. The fourth-order valence-electron chi connectivity index (χ4n) is 4.68. The zero-order chi connectivity index (χ0) is 32.8. The largest absolute Gasteiger partial charge is 0.423 e. The van der Waals surface area contributed by atoms with Crippen molar-refractivity contribution in [3.8, 4) is 11.5 Å². The van der Waals surface area contributed by atoms with Crippen LogP contribution in [0.5, 0.6) is 11.5 Å². The Bertz CT molecular complexity index is 1410. The normalized spacial score (nSPS) is 10.8. The Morgan fingerprint density at radius 3 is 1.78 bits per heavy atom. The van der Waals surface area contributed by atoms with Crippen LogP contribution in [0.4, 0.5) is 0 Å². The number of hydrazone groups is 1. The summed E-state index contributed by atoms with van der Waals surface area (Å²) in [5.41, 5.74) is 3.41. The third kappa shape index (κ3) is 13.9. The Balaban J connectivity index is 1.45. The van der Waals surface area contributed by atoms with Gasteiger partial charge in [0.25, 0.3) is 5.91 Å². The molecule has 0 saturated heterocycles. The molecular formula is C37H45N3O6. The van der Waals surface area contributed by atoms with E-state index in [-0.39, 0.29) is 24.0 Å². The van der Waals surface area contributed by atoms with E-state index in [4.69, 9.17) is 9.47 Å². The quantitative estimate of drug-likeness (QED) is 0.0443. The summed E-state index contributed by atoms with van der Waals surface area (Å²) in [4.78, 5) is 49.7. The number of benzene rings is 3. The topological polar surface area (TPSA) is 123 Å². The second-order valence-electron chi connectivity index (χ2n) is 11.1. The van der Waals surface area contributed by atoms with E-state index >= 15 is 0 Å². The van der Waals surface area contributed by atoms with Gasteiger partial charge in [0.2, 0.25) is 5.91 Å². The lowest BCUT2D eigenvalue weighted by atomic mass is 10.1. The summed E-state index contributed by atoms with van der Waals surface area (Å²) in [6, 6.07) is 21.4. The molecule has 0 atom stereocenters.